The van der Waals surface area contributed by atoms with Gasteiger partial charge < -0.3 is 19.2 Å². The number of sulfonamides is 1. The quantitative estimate of drug-likeness (QED) is 0.488. The molecule has 9 nitrogen and oxygen atoms in total. The number of benzene rings is 1. The van der Waals surface area contributed by atoms with Crippen molar-refractivity contribution >= 4 is 22.0 Å². The lowest BCUT2D eigenvalue weighted by molar-refractivity contribution is -0.116. The fourth-order valence-corrected chi connectivity index (χ4v) is 5.21. The molecule has 1 amide bonds. The highest BCUT2D eigenvalue weighted by atomic mass is 32.2. The summed E-state index contributed by atoms with van der Waals surface area (Å²) >= 11 is 0. The lowest BCUT2D eigenvalue weighted by Crippen LogP contribution is -2.52. The monoisotopic (exact) mass is 489 g/mol. The van der Waals surface area contributed by atoms with Crippen molar-refractivity contribution in [2.24, 2.45) is 5.92 Å². The summed E-state index contributed by atoms with van der Waals surface area (Å²) in [5.74, 6) is 0.748. The third-order valence-electron chi connectivity index (χ3n) is 6.14. The maximum Gasteiger partial charge on any atom is 0.244 e. The average Bonchev–Trinajstić information content (AvgIpc) is 3.57. The zero-order valence-electron chi connectivity index (χ0n) is 19.0. The maximum absolute atomic E-state index is 12.5. The molecule has 3 heterocycles. The van der Waals surface area contributed by atoms with Crippen LogP contribution in [0.1, 0.15) is 17.7 Å². The van der Waals surface area contributed by atoms with Gasteiger partial charge in [0.25, 0.3) is 0 Å². The van der Waals surface area contributed by atoms with Gasteiger partial charge in [0.15, 0.2) is 0 Å². The number of amides is 1. The first-order valence-electron chi connectivity index (χ1n) is 11.5. The van der Waals surface area contributed by atoms with Gasteiger partial charge in [0.2, 0.25) is 15.9 Å². The van der Waals surface area contributed by atoms with E-state index >= 15 is 0 Å². The molecule has 10 heteroatoms. The van der Waals surface area contributed by atoms with Crippen molar-refractivity contribution in [3.05, 3.63) is 60.1 Å². The SMILES string of the molecule is O=C(/C=C/c1ccc(S(=O)(=O)NCc2ccco2)cc1)NCC(C1CCOC1)N1CCOCC1. The van der Waals surface area contributed by atoms with Gasteiger partial charge in [0, 0.05) is 44.3 Å². The number of morpholine rings is 1. The summed E-state index contributed by atoms with van der Waals surface area (Å²) in [5.41, 5.74) is 0.731. The van der Waals surface area contributed by atoms with E-state index in [2.05, 4.69) is 14.9 Å². The van der Waals surface area contributed by atoms with Gasteiger partial charge in [-0.05, 0) is 42.3 Å². The van der Waals surface area contributed by atoms with E-state index < -0.39 is 10.0 Å². The molecule has 0 radical (unpaired) electrons. The molecule has 0 saturated carbocycles. The molecule has 184 valence electrons. The van der Waals surface area contributed by atoms with Gasteiger partial charge in [0.05, 0.1) is 37.5 Å². The Morgan fingerprint density at radius 3 is 2.59 bits per heavy atom. The molecule has 2 unspecified atom stereocenters. The van der Waals surface area contributed by atoms with E-state index in [1.54, 1.807) is 30.3 Å². The lowest BCUT2D eigenvalue weighted by atomic mass is 9.97. The van der Waals surface area contributed by atoms with Crippen LogP contribution in [0.4, 0.5) is 0 Å². The fraction of sp³-hybridized carbons (Fsp3) is 0.458. The smallest absolute Gasteiger partial charge is 0.244 e. The van der Waals surface area contributed by atoms with E-state index in [1.165, 1.54) is 24.5 Å². The van der Waals surface area contributed by atoms with Crippen molar-refractivity contribution in [1.82, 2.24) is 14.9 Å². The van der Waals surface area contributed by atoms with E-state index in [0.29, 0.717) is 31.4 Å². The highest BCUT2D eigenvalue weighted by Gasteiger charge is 2.31. The Labute approximate surface area is 200 Å². The largest absolute Gasteiger partial charge is 0.468 e. The highest BCUT2D eigenvalue weighted by molar-refractivity contribution is 7.89. The molecule has 2 fully saturated rings. The summed E-state index contributed by atoms with van der Waals surface area (Å²) in [6.45, 7) is 5.26. The molecule has 2 aliphatic rings. The van der Waals surface area contributed by atoms with Crippen molar-refractivity contribution in [1.29, 1.82) is 0 Å². The molecule has 0 spiro atoms. The highest BCUT2D eigenvalue weighted by Crippen LogP contribution is 2.22. The van der Waals surface area contributed by atoms with Crippen LogP contribution >= 0.6 is 0 Å². The first-order chi connectivity index (χ1) is 16.5. The van der Waals surface area contributed by atoms with Crippen LogP contribution in [0.2, 0.25) is 0 Å². The maximum atomic E-state index is 12.5. The molecule has 0 aliphatic carbocycles. The number of furan rings is 1. The van der Waals surface area contributed by atoms with Crippen LogP contribution in [0.25, 0.3) is 6.08 Å². The Morgan fingerprint density at radius 1 is 1.12 bits per heavy atom. The number of rotatable bonds is 10. The predicted molar refractivity (Wildman–Crippen MR) is 126 cm³/mol. The van der Waals surface area contributed by atoms with Crippen molar-refractivity contribution in [3.8, 4) is 0 Å². The molecule has 0 bridgehead atoms. The Morgan fingerprint density at radius 2 is 1.91 bits per heavy atom. The minimum absolute atomic E-state index is 0.0790. The summed E-state index contributed by atoms with van der Waals surface area (Å²) in [6, 6.07) is 9.98. The van der Waals surface area contributed by atoms with Gasteiger partial charge in [0.1, 0.15) is 5.76 Å². The Hall–Kier alpha value is -2.50. The van der Waals surface area contributed by atoms with Crippen molar-refractivity contribution in [3.63, 3.8) is 0 Å². The molecule has 1 aromatic carbocycles. The number of hydrogen-bond donors (Lipinski definition) is 2. The number of carbonyl (C=O) groups excluding carboxylic acids is 1. The van der Waals surface area contributed by atoms with Gasteiger partial charge in [-0.2, -0.15) is 0 Å². The van der Waals surface area contributed by atoms with Gasteiger partial charge in [-0.1, -0.05) is 12.1 Å². The molecule has 2 N–H and O–H groups in total. The lowest BCUT2D eigenvalue weighted by Gasteiger charge is -2.37. The minimum Gasteiger partial charge on any atom is -0.468 e. The normalized spacial score (nSPS) is 20.5. The summed E-state index contributed by atoms with van der Waals surface area (Å²) in [6.07, 6.45) is 5.64. The van der Waals surface area contributed by atoms with Crippen molar-refractivity contribution in [2.75, 3.05) is 46.1 Å². The number of ether oxygens (including phenoxy) is 2. The molecule has 2 atom stereocenters. The van der Waals surface area contributed by atoms with Gasteiger partial charge in [-0.25, -0.2) is 13.1 Å². The van der Waals surface area contributed by atoms with E-state index in [0.717, 1.165) is 38.3 Å². The minimum atomic E-state index is -3.66. The molecule has 2 aliphatic heterocycles. The van der Waals surface area contributed by atoms with Gasteiger partial charge in [-0.15, -0.1) is 0 Å². The van der Waals surface area contributed by atoms with Gasteiger partial charge >= 0.3 is 0 Å². The number of nitrogens with one attached hydrogen (secondary N) is 2. The van der Waals surface area contributed by atoms with Crippen LogP contribution in [-0.4, -0.2) is 71.3 Å². The number of carbonyl (C=O) groups is 1. The van der Waals surface area contributed by atoms with Crippen LogP contribution < -0.4 is 10.0 Å². The van der Waals surface area contributed by atoms with Crippen LogP contribution in [0.3, 0.4) is 0 Å². The average molecular weight is 490 g/mol. The van der Waals surface area contributed by atoms with Crippen LogP contribution in [-0.2, 0) is 30.8 Å². The second-order valence-corrected chi connectivity index (χ2v) is 10.2. The van der Waals surface area contributed by atoms with Crippen LogP contribution in [0.15, 0.2) is 58.1 Å². The Bertz CT molecular complexity index is 1040. The molecular formula is C24H31N3O6S. The molecule has 1 aromatic heterocycles. The van der Waals surface area contributed by atoms with E-state index in [9.17, 15) is 13.2 Å². The zero-order chi connectivity index (χ0) is 23.8. The van der Waals surface area contributed by atoms with Crippen LogP contribution in [0, 0.1) is 5.92 Å². The topological polar surface area (TPSA) is 110 Å². The first-order valence-corrected chi connectivity index (χ1v) is 13.0. The van der Waals surface area contributed by atoms with E-state index in [-0.39, 0.29) is 23.4 Å². The first kappa shape index (κ1) is 24.6. The Balaban J connectivity index is 1.29. The predicted octanol–water partition coefficient (Wildman–Crippen LogP) is 1.62. The number of nitrogens with zero attached hydrogens (tertiary/aromatic N) is 1. The summed E-state index contributed by atoms with van der Waals surface area (Å²) in [5, 5.41) is 3.01. The third-order valence-corrected chi connectivity index (χ3v) is 7.56. The zero-order valence-corrected chi connectivity index (χ0v) is 19.8. The summed E-state index contributed by atoms with van der Waals surface area (Å²) in [4.78, 5) is 15.0. The molecule has 34 heavy (non-hydrogen) atoms. The number of hydrogen-bond acceptors (Lipinski definition) is 7. The molecular weight excluding hydrogens is 458 g/mol. The second kappa shape index (κ2) is 11.8. The summed E-state index contributed by atoms with van der Waals surface area (Å²) < 4.78 is 43.6. The van der Waals surface area contributed by atoms with E-state index in [1.807, 2.05) is 0 Å². The fourth-order valence-electron chi connectivity index (χ4n) is 4.22. The van der Waals surface area contributed by atoms with E-state index in [4.69, 9.17) is 13.9 Å². The summed E-state index contributed by atoms with van der Waals surface area (Å²) in [7, 11) is -3.66. The molecule has 2 aromatic rings. The van der Waals surface area contributed by atoms with Crippen molar-refractivity contribution in [2.45, 2.75) is 23.9 Å². The van der Waals surface area contributed by atoms with Gasteiger partial charge in [-0.3, -0.25) is 9.69 Å². The van der Waals surface area contributed by atoms with Crippen LogP contribution in [0.5, 0.6) is 0 Å². The Kier molecular flexibility index (Phi) is 8.52. The molecule has 4 rings (SSSR count). The standard InChI is InChI=1S/C24H31N3O6S/c28-24(25-17-23(20-9-13-32-18-20)27-10-14-31-15-11-27)8-5-19-3-6-22(7-4-19)34(29,30)26-16-21-2-1-12-33-21/h1-8,12,20,23,26H,9-11,13-18H2,(H,25,28)/b8-5+. The third kappa shape index (κ3) is 6.77. The second-order valence-electron chi connectivity index (χ2n) is 8.39. The van der Waals surface area contributed by atoms with Crippen molar-refractivity contribution < 1.29 is 27.1 Å². The molecule has 2 saturated heterocycles.